The first-order valence-electron chi connectivity index (χ1n) is 9.60. The van der Waals surface area contributed by atoms with Gasteiger partial charge in [0.05, 0.1) is 6.42 Å². The van der Waals surface area contributed by atoms with E-state index in [1.54, 1.807) is 0 Å². The third-order valence-electron chi connectivity index (χ3n) is 4.69. The molecule has 4 aromatic rings. The molecule has 0 saturated heterocycles. The van der Waals surface area contributed by atoms with Gasteiger partial charge in [0.1, 0.15) is 34.4 Å². The fraction of sp³-hybridized carbons (Fsp3) is 0.0833. The number of ether oxygens (including phenoxy) is 2. The van der Waals surface area contributed by atoms with Gasteiger partial charge in [0.15, 0.2) is 0 Å². The zero-order valence-corrected chi connectivity index (χ0v) is 16.8. The number of benzene rings is 3. The maximum Gasteiger partial charge on any atom is 0.420 e. The topological polar surface area (TPSA) is 68.7 Å². The van der Waals surface area contributed by atoms with Crippen molar-refractivity contribution < 1.29 is 36.9 Å². The van der Waals surface area contributed by atoms with E-state index in [2.05, 4.69) is 4.98 Å². The van der Waals surface area contributed by atoms with Crippen molar-refractivity contribution in [1.29, 1.82) is 0 Å². The fourth-order valence-corrected chi connectivity index (χ4v) is 3.25. The smallest absolute Gasteiger partial charge is 0.420 e. The third-order valence-corrected chi connectivity index (χ3v) is 4.69. The molecular weight excluding hydrogens is 442 g/mol. The number of alkyl halides is 3. The first-order valence-corrected chi connectivity index (χ1v) is 9.60. The van der Waals surface area contributed by atoms with Crippen LogP contribution >= 0.6 is 0 Å². The molecule has 1 N–H and O–H groups in total. The Bertz CT molecular complexity index is 1340. The van der Waals surface area contributed by atoms with Crippen LogP contribution in [0, 0.1) is 5.82 Å². The first kappa shape index (κ1) is 22.1. The van der Waals surface area contributed by atoms with E-state index in [0.29, 0.717) is 10.9 Å². The van der Waals surface area contributed by atoms with Gasteiger partial charge < -0.3 is 14.6 Å². The van der Waals surface area contributed by atoms with Gasteiger partial charge in [-0.3, -0.25) is 9.78 Å². The number of pyridine rings is 1. The van der Waals surface area contributed by atoms with Crippen LogP contribution in [-0.4, -0.2) is 16.1 Å². The Labute approximate surface area is 184 Å². The molecule has 1 heterocycles. The van der Waals surface area contributed by atoms with Gasteiger partial charge in [-0.2, -0.15) is 13.2 Å². The van der Waals surface area contributed by atoms with Crippen LogP contribution in [0.3, 0.4) is 0 Å². The number of carboxylic acid groups (broad SMARTS) is 1. The van der Waals surface area contributed by atoms with Crippen molar-refractivity contribution in [2.45, 2.75) is 12.6 Å². The van der Waals surface area contributed by atoms with Crippen molar-refractivity contribution in [2.75, 3.05) is 0 Å². The number of aliphatic carboxylic acids is 1. The SMILES string of the molecule is O=C(O)Cc1cccc(Oc2ccc(Oc3ccc(F)c4ccncc34)cc2C(F)(F)F)c1. The summed E-state index contributed by atoms with van der Waals surface area (Å²) in [6.45, 7) is 0. The highest BCUT2D eigenvalue weighted by atomic mass is 19.4. The summed E-state index contributed by atoms with van der Waals surface area (Å²) in [7, 11) is 0. The van der Waals surface area contributed by atoms with Crippen molar-refractivity contribution in [3.05, 3.63) is 90.0 Å². The van der Waals surface area contributed by atoms with E-state index < -0.39 is 29.3 Å². The Morgan fingerprint density at radius 1 is 0.909 bits per heavy atom. The lowest BCUT2D eigenvalue weighted by Gasteiger charge is -2.16. The largest absolute Gasteiger partial charge is 0.481 e. The average Bonchev–Trinajstić information content (AvgIpc) is 2.76. The Morgan fingerprint density at radius 2 is 1.64 bits per heavy atom. The fourth-order valence-electron chi connectivity index (χ4n) is 3.25. The van der Waals surface area contributed by atoms with E-state index in [9.17, 15) is 22.4 Å². The second kappa shape index (κ2) is 8.78. The van der Waals surface area contributed by atoms with Gasteiger partial charge in [-0.25, -0.2) is 4.39 Å². The summed E-state index contributed by atoms with van der Waals surface area (Å²) in [4.78, 5) is 14.8. The Hall–Kier alpha value is -4.14. The minimum atomic E-state index is -4.76. The van der Waals surface area contributed by atoms with Crippen LogP contribution < -0.4 is 9.47 Å². The number of nitrogens with zero attached hydrogens (tertiary/aromatic N) is 1. The lowest BCUT2D eigenvalue weighted by molar-refractivity contribution is -0.138. The lowest BCUT2D eigenvalue weighted by atomic mass is 10.1. The van der Waals surface area contributed by atoms with Crippen LogP contribution in [0.5, 0.6) is 23.0 Å². The summed E-state index contributed by atoms with van der Waals surface area (Å²) in [6, 6.07) is 12.9. The molecular formula is C24H15F4NO4. The molecule has 0 aliphatic heterocycles. The van der Waals surface area contributed by atoms with Crippen LogP contribution in [0.1, 0.15) is 11.1 Å². The van der Waals surface area contributed by atoms with Gasteiger partial charge in [-0.1, -0.05) is 12.1 Å². The highest BCUT2D eigenvalue weighted by Gasteiger charge is 2.35. The number of carboxylic acids is 1. The summed E-state index contributed by atoms with van der Waals surface area (Å²) < 4.78 is 66.3. The molecule has 0 unspecified atom stereocenters. The Kier molecular flexibility index (Phi) is 5.87. The number of carbonyl (C=O) groups is 1. The van der Waals surface area contributed by atoms with Gasteiger partial charge in [0.2, 0.25) is 0 Å². The van der Waals surface area contributed by atoms with E-state index in [1.807, 2.05) is 0 Å². The molecule has 0 spiro atoms. The lowest BCUT2D eigenvalue weighted by Crippen LogP contribution is -2.07. The number of hydrogen-bond donors (Lipinski definition) is 1. The highest BCUT2D eigenvalue weighted by molar-refractivity contribution is 5.88. The highest BCUT2D eigenvalue weighted by Crippen LogP contribution is 2.41. The Morgan fingerprint density at radius 3 is 2.39 bits per heavy atom. The quantitative estimate of drug-likeness (QED) is 0.330. The standard InChI is InChI=1S/C24H15F4NO4/c25-20-5-7-21(18-13-29-9-8-17(18)20)32-16-4-6-22(19(12-16)24(26,27)28)33-15-3-1-2-14(10-15)11-23(30)31/h1-10,12-13H,11H2,(H,30,31). The van der Waals surface area contributed by atoms with Crippen LogP contribution in [-0.2, 0) is 17.4 Å². The van der Waals surface area contributed by atoms with Crippen LogP contribution in [0.15, 0.2) is 73.1 Å². The Balaban J connectivity index is 1.67. The molecule has 0 aliphatic rings. The van der Waals surface area contributed by atoms with Crippen LogP contribution in [0.2, 0.25) is 0 Å². The van der Waals surface area contributed by atoms with Gasteiger partial charge in [-0.05, 0) is 54.1 Å². The molecule has 3 aromatic carbocycles. The normalized spacial score (nSPS) is 11.4. The van der Waals surface area contributed by atoms with E-state index in [-0.39, 0.29) is 29.1 Å². The molecule has 9 heteroatoms. The van der Waals surface area contributed by atoms with E-state index >= 15 is 0 Å². The van der Waals surface area contributed by atoms with Crippen LogP contribution in [0.25, 0.3) is 10.8 Å². The number of rotatable bonds is 6. The van der Waals surface area contributed by atoms with E-state index in [4.69, 9.17) is 14.6 Å². The van der Waals surface area contributed by atoms with E-state index in [0.717, 1.165) is 18.2 Å². The molecule has 4 rings (SSSR count). The third kappa shape index (κ3) is 5.03. The molecule has 0 radical (unpaired) electrons. The van der Waals surface area contributed by atoms with Gasteiger partial charge >= 0.3 is 12.1 Å². The molecule has 0 amide bonds. The summed E-state index contributed by atoms with van der Waals surface area (Å²) in [5, 5.41) is 9.43. The predicted molar refractivity (Wildman–Crippen MR) is 111 cm³/mol. The molecule has 0 fully saturated rings. The zero-order valence-electron chi connectivity index (χ0n) is 16.8. The number of fused-ring (bicyclic) bond motifs is 1. The zero-order chi connectivity index (χ0) is 23.6. The van der Waals surface area contributed by atoms with Crippen molar-refractivity contribution in [1.82, 2.24) is 4.98 Å². The predicted octanol–water partition coefficient (Wildman–Crippen LogP) is 6.60. The second-order valence-corrected chi connectivity index (χ2v) is 7.04. The molecule has 168 valence electrons. The number of aromatic nitrogens is 1. The summed E-state index contributed by atoms with van der Waals surface area (Å²) in [5.41, 5.74) is -0.710. The molecule has 0 bridgehead atoms. The minimum Gasteiger partial charge on any atom is -0.481 e. The van der Waals surface area contributed by atoms with Gasteiger partial charge in [0, 0.05) is 23.2 Å². The minimum absolute atomic E-state index is 0.0588. The van der Waals surface area contributed by atoms with Crippen molar-refractivity contribution in [3.8, 4) is 23.0 Å². The second-order valence-electron chi connectivity index (χ2n) is 7.04. The van der Waals surface area contributed by atoms with E-state index in [1.165, 1.54) is 54.9 Å². The monoisotopic (exact) mass is 457 g/mol. The van der Waals surface area contributed by atoms with Crippen molar-refractivity contribution >= 4 is 16.7 Å². The van der Waals surface area contributed by atoms with Crippen LogP contribution in [0.4, 0.5) is 17.6 Å². The summed E-state index contributed by atoms with van der Waals surface area (Å²) in [5.74, 6) is -2.00. The van der Waals surface area contributed by atoms with Crippen molar-refractivity contribution in [3.63, 3.8) is 0 Å². The van der Waals surface area contributed by atoms with Crippen molar-refractivity contribution in [2.24, 2.45) is 0 Å². The van der Waals surface area contributed by atoms with Gasteiger partial charge in [-0.15, -0.1) is 0 Å². The molecule has 0 saturated carbocycles. The molecule has 0 atom stereocenters. The van der Waals surface area contributed by atoms with Gasteiger partial charge in [0.25, 0.3) is 0 Å². The maximum absolute atomic E-state index is 14.0. The summed E-state index contributed by atoms with van der Waals surface area (Å²) in [6.07, 6.45) is -2.30. The first-order chi connectivity index (χ1) is 15.7. The number of halogens is 4. The average molecular weight is 457 g/mol. The molecule has 5 nitrogen and oxygen atoms in total. The number of hydrogen-bond acceptors (Lipinski definition) is 4. The molecule has 0 aliphatic carbocycles. The maximum atomic E-state index is 14.0. The summed E-state index contributed by atoms with van der Waals surface area (Å²) >= 11 is 0. The molecule has 1 aromatic heterocycles. The molecule has 33 heavy (non-hydrogen) atoms.